The van der Waals surface area contributed by atoms with Crippen molar-refractivity contribution in [2.24, 2.45) is 0 Å². The van der Waals surface area contributed by atoms with Gasteiger partial charge in [0.1, 0.15) is 5.75 Å². The molecule has 1 aromatic heterocycles. The summed E-state index contributed by atoms with van der Waals surface area (Å²) in [5.41, 5.74) is 0.0507. The van der Waals surface area contributed by atoms with Crippen LogP contribution in [0.1, 0.15) is 0 Å². The predicted octanol–water partition coefficient (Wildman–Crippen LogP) is 1.60. The Hall–Kier alpha value is -2.30. The first kappa shape index (κ1) is 10.2. The van der Waals surface area contributed by atoms with Gasteiger partial charge in [0, 0.05) is 7.05 Å². The molecule has 0 spiro atoms. The molecule has 5 heteroatoms. The van der Waals surface area contributed by atoms with E-state index in [9.17, 15) is 4.79 Å². The van der Waals surface area contributed by atoms with E-state index < -0.39 is 0 Å². The summed E-state index contributed by atoms with van der Waals surface area (Å²) in [5, 5.41) is 2.75. The average Bonchev–Trinajstić information content (AvgIpc) is 2.31. The van der Waals surface area contributed by atoms with Crippen LogP contribution in [0, 0.1) is 0 Å². The number of rotatable bonds is 3. The normalized spacial score (nSPS) is 9.81. The molecule has 1 aromatic carbocycles. The van der Waals surface area contributed by atoms with Crippen LogP contribution >= 0.6 is 0 Å². The van der Waals surface area contributed by atoms with E-state index in [-0.39, 0.29) is 11.4 Å². The van der Waals surface area contributed by atoms with E-state index in [2.05, 4.69) is 15.3 Å². The number of benzene rings is 1. The van der Waals surface area contributed by atoms with Crippen molar-refractivity contribution in [3.8, 4) is 11.6 Å². The largest absolute Gasteiger partial charge is 0.437 e. The Labute approximate surface area is 92.1 Å². The molecule has 0 unspecified atom stereocenters. The molecule has 2 N–H and O–H groups in total. The second-order valence-electron chi connectivity index (χ2n) is 3.08. The first-order valence-electron chi connectivity index (χ1n) is 4.79. The molecule has 0 radical (unpaired) electrons. The van der Waals surface area contributed by atoms with Crippen molar-refractivity contribution < 1.29 is 4.74 Å². The molecule has 0 aliphatic rings. The highest BCUT2D eigenvalue weighted by molar-refractivity contribution is 5.50. The number of aromatic amines is 1. The van der Waals surface area contributed by atoms with Crippen LogP contribution in [0.3, 0.4) is 0 Å². The van der Waals surface area contributed by atoms with Gasteiger partial charge in [-0.2, -0.15) is 0 Å². The number of nitrogens with zero attached hydrogens (tertiary/aromatic N) is 1. The third-order valence-corrected chi connectivity index (χ3v) is 2.03. The fourth-order valence-electron chi connectivity index (χ4n) is 1.28. The van der Waals surface area contributed by atoms with E-state index in [1.807, 2.05) is 18.2 Å². The van der Waals surface area contributed by atoms with Gasteiger partial charge in [0.05, 0.1) is 6.33 Å². The van der Waals surface area contributed by atoms with Crippen LogP contribution in [-0.2, 0) is 0 Å². The molecule has 0 aliphatic heterocycles. The number of nitrogens with one attached hydrogen (secondary N) is 2. The number of hydrogen-bond donors (Lipinski definition) is 2. The molecule has 0 aliphatic carbocycles. The van der Waals surface area contributed by atoms with Crippen LogP contribution < -0.4 is 15.6 Å². The molecule has 0 saturated carbocycles. The minimum Gasteiger partial charge on any atom is -0.437 e. The van der Waals surface area contributed by atoms with Crippen LogP contribution in [0.2, 0.25) is 0 Å². The summed E-state index contributed by atoms with van der Waals surface area (Å²) in [4.78, 5) is 17.9. The fourth-order valence-corrected chi connectivity index (χ4v) is 1.28. The zero-order valence-electron chi connectivity index (χ0n) is 8.73. The van der Waals surface area contributed by atoms with Crippen LogP contribution in [0.25, 0.3) is 0 Å². The van der Waals surface area contributed by atoms with E-state index in [1.165, 1.54) is 6.33 Å². The van der Waals surface area contributed by atoms with Gasteiger partial charge in [0.25, 0.3) is 5.56 Å². The van der Waals surface area contributed by atoms with Crippen molar-refractivity contribution in [3.63, 3.8) is 0 Å². The molecule has 5 nitrogen and oxygen atoms in total. The topological polar surface area (TPSA) is 67.0 Å². The smallest absolute Gasteiger partial charge is 0.278 e. The summed E-state index contributed by atoms with van der Waals surface area (Å²) in [6.07, 6.45) is 1.31. The van der Waals surface area contributed by atoms with Gasteiger partial charge in [-0.3, -0.25) is 4.79 Å². The van der Waals surface area contributed by atoms with E-state index in [0.717, 1.165) is 0 Å². The lowest BCUT2D eigenvalue weighted by Gasteiger charge is -2.07. The first-order valence-corrected chi connectivity index (χ1v) is 4.79. The Morgan fingerprint density at radius 1 is 1.31 bits per heavy atom. The zero-order chi connectivity index (χ0) is 11.4. The van der Waals surface area contributed by atoms with Gasteiger partial charge in [-0.05, 0) is 12.1 Å². The summed E-state index contributed by atoms with van der Waals surface area (Å²) in [6.45, 7) is 0. The van der Waals surface area contributed by atoms with Gasteiger partial charge >= 0.3 is 0 Å². The highest BCUT2D eigenvalue weighted by Gasteiger charge is 2.08. The lowest BCUT2D eigenvalue weighted by atomic mass is 10.3. The molecular weight excluding hydrogens is 206 g/mol. The molecule has 0 saturated heterocycles. The fraction of sp³-hybridized carbons (Fsp3) is 0.0909. The van der Waals surface area contributed by atoms with Crippen molar-refractivity contribution in [1.29, 1.82) is 0 Å². The quantitative estimate of drug-likeness (QED) is 0.819. The van der Waals surface area contributed by atoms with E-state index >= 15 is 0 Å². The Balaban J connectivity index is 2.35. The molecule has 82 valence electrons. The lowest BCUT2D eigenvalue weighted by Crippen LogP contribution is -2.13. The Bertz CT molecular complexity index is 522. The van der Waals surface area contributed by atoms with Crippen LogP contribution in [0.4, 0.5) is 5.69 Å². The first-order chi connectivity index (χ1) is 7.81. The summed E-state index contributed by atoms with van der Waals surface area (Å²) in [5.74, 6) is 0.898. The van der Waals surface area contributed by atoms with Gasteiger partial charge < -0.3 is 15.0 Å². The number of ether oxygens (including phenoxy) is 1. The lowest BCUT2D eigenvalue weighted by molar-refractivity contribution is 0.463. The minimum atomic E-state index is -0.261. The Kier molecular flexibility index (Phi) is 2.86. The maximum Gasteiger partial charge on any atom is 0.278 e. The summed E-state index contributed by atoms with van der Waals surface area (Å²) >= 11 is 0. The summed E-state index contributed by atoms with van der Waals surface area (Å²) in [7, 11) is 1.64. The predicted molar refractivity (Wildman–Crippen MR) is 60.9 cm³/mol. The van der Waals surface area contributed by atoms with Gasteiger partial charge in [-0.15, -0.1) is 0 Å². The van der Waals surface area contributed by atoms with E-state index in [1.54, 1.807) is 19.2 Å². The molecule has 2 rings (SSSR count). The molecule has 0 fully saturated rings. The maximum absolute atomic E-state index is 11.4. The van der Waals surface area contributed by atoms with Crippen LogP contribution in [0.5, 0.6) is 11.6 Å². The molecule has 0 amide bonds. The molecule has 0 bridgehead atoms. The highest BCUT2D eigenvalue weighted by Crippen LogP contribution is 2.22. The number of para-hydroxylation sites is 1. The third kappa shape index (κ3) is 2.03. The summed E-state index contributed by atoms with van der Waals surface area (Å²) < 4.78 is 5.49. The monoisotopic (exact) mass is 217 g/mol. The van der Waals surface area contributed by atoms with Crippen LogP contribution in [0.15, 0.2) is 41.5 Å². The number of hydrogen-bond acceptors (Lipinski definition) is 4. The third-order valence-electron chi connectivity index (χ3n) is 2.03. The van der Waals surface area contributed by atoms with Gasteiger partial charge in [0.2, 0.25) is 5.88 Å². The highest BCUT2D eigenvalue weighted by atomic mass is 16.5. The van der Waals surface area contributed by atoms with Crippen molar-refractivity contribution in [1.82, 2.24) is 9.97 Å². The average molecular weight is 217 g/mol. The number of aromatic nitrogens is 2. The molecule has 0 atom stereocenters. The van der Waals surface area contributed by atoms with Crippen molar-refractivity contribution in [2.45, 2.75) is 0 Å². The Morgan fingerprint density at radius 3 is 2.75 bits per heavy atom. The second kappa shape index (κ2) is 4.48. The van der Waals surface area contributed by atoms with Gasteiger partial charge in [-0.25, -0.2) is 4.98 Å². The van der Waals surface area contributed by atoms with E-state index in [4.69, 9.17) is 4.74 Å². The molecule has 2 aromatic rings. The van der Waals surface area contributed by atoms with Gasteiger partial charge in [0.15, 0.2) is 5.69 Å². The minimum absolute atomic E-state index is 0.261. The zero-order valence-corrected chi connectivity index (χ0v) is 8.73. The summed E-state index contributed by atoms with van der Waals surface area (Å²) in [6, 6.07) is 9.17. The number of H-pyrrole nitrogens is 1. The van der Waals surface area contributed by atoms with Gasteiger partial charge in [-0.1, -0.05) is 18.2 Å². The molecule has 1 heterocycles. The molecular formula is C11H11N3O2. The standard InChI is InChI=1S/C11H11N3O2/c1-12-9-10(15)13-7-14-11(9)16-8-5-3-2-4-6-8/h2-7,12H,1H3,(H,13,14,15). The maximum atomic E-state index is 11.4. The second-order valence-corrected chi connectivity index (χ2v) is 3.08. The number of anilines is 1. The SMILES string of the molecule is CNc1c(Oc2ccccc2)nc[nH]c1=O. The van der Waals surface area contributed by atoms with Crippen LogP contribution in [-0.4, -0.2) is 17.0 Å². The van der Waals surface area contributed by atoms with E-state index in [0.29, 0.717) is 11.4 Å². The van der Waals surface area contributed by atoms with Crippen molar-refractivity contribution >= 4 is 5.69 Å². The molecule has 16 heavy (non-hydrogen) atoms. The Morgan fingerprint density at radius 2 is 2.06 bits per heavy atom. The van der Waals surface area contributed by atoms with Crippen molar-refractivity contribution in [3.05, 3.63) is 47.0 Å². The van der Waals surface area contributed by atoms with Crippen molar-refractivity contribution in [2.75, 3.05) is 12.4 Å².